The largest absolute Gasteiger partial charge is 0.497 e. The maximum Gasteiger partial charge on any atom is 0.411 e. The smallest absolute Gasteiger partial charge is 0.411 e. The lowest BCUT2D eigenvalue weighted by Gasteiger charge is -2.38. The van der Waals surface area contributed by atoms with Crippen LogP contribution in [0.2, 0.25) is 18.1 Å². The average Bonchev–Trinajstić information content (AvgIpc) is 3.38. The highest BCUT2D eigenvalue weighted by atomic mass is 28.4. The lowest BCUT2D eigenvalue weighted by Crippen LogP contribution is -2.46. The Hall–Kier alpha value is -3.24. The summed E-state index contributed by atoms with van der Waals surface area (Å²) >= 11 is 0. The molecular formula is C29H42N2O7Si. The fourth-order valence-electron chi connectivity index (χ4n) is 4.13. The highest BCUT2D eigenvalue weighted by Crippen LogP contribution is 2.38. The van der Waals surface area contributed by atoms with Crippen LogP contribution in [-0.2, 0) is 15.8 Å². The van der Waals surface area contributed by atoms with Crippen molar-refractivity contribution in [2.75, 3.05) is 39.8 Å². The number of nitrogens with zero attached hydrogens (tertiary/aromatic N) is 1. The molecule has 2 aromatic rings. The summed E-state index contributed by atoms with van der Waals surface area (Å²) in [4.78, 5) is 28.5. The molecule has 9 nitrogen and oxygen atoms in total. The number of benzene rings is 2. The van der Waals surface area contributed by atoms with Crippen LogP contribution < -0.4 is 19.5 Å². The van der Waals surface area contributed by atoms with Gasteiger partial charge in [-0.1, -0.05) is 32.9 Å². The number of carbonyl (C=O) groups excluding carboxylic acids is 2. The third-order valence-corrected chi connectivity index (χ3v) is 12.1. The normalized spacial score (nSPS) is 15.6. The van der Waals surface area contributed by atoms with E-state index in [1.165, 1.54) is 14.2 Å². The van der Waals surface area contributed by atoms with E-state index >= 15 is 0 Å². The van der Waals surface area contributed by atoms with Crippen LogP contribution in [0.1, 0.15) is 49.5 Å². The van der Waals surface area contributed by atoms with Crippen molar-refractivity contribution in [2.24, 2.45) is 0 Å². The number of likely N-dealkylation sites (tertiary alicyclic amines) is 1. The lowest BCUT2D eigenvalue weighted by atomic mass is 10.1. The van der Waals surface area contributed by atoms with Crippen molar-refractivity contribution in [2.45, 2.75) is 64.4 Å². The van der Waals surface area contributed by atoms with Gasteiger partial charge in [0.05, 0.1) is 45.2 Å². The number of methoxy groups -OCH3 is 3. The van der Waals surface area contributed by atoms with Crippen LogP contribution in [0.4, 0.5) is 10.5 Å². The highest BCUT2D eigenvalue weighted by Gasteiger charge is 2.39. The first-order valence-corrected chi connectivity index (χ1v) is 16.1. The van der Waals surface area contributed by atoms with E-state index in [1.54, 1.807) is 31.4 Å². The van der Waals surface area contributed by atoms with E-state index in [-0.39, 0.29) is 29.3 Å². The van der Waals surface area contributed by atoms with Gasteiger partial charge in [0, 0.05) is 12.6 Å². The number of rotatable bonds is 10. The van der Waals surface area contributed by atoms with Gasteiger partial charge in [0.15, 0.2) is 19.8 Å². The van der Waals surface area contributed by atoms with Crippen LogP contribution in [0.25, 0.3) is 0 Å². The van der Waals surface area contributed by atoms with Crippen LogP contribution in [0.3, 0.4) is 0 Å². The molecule has 1 atom stereocenters. The van der Waals surface area contributed by atoms with Gasteiger partial charge in [0.25, 0.3) is 5.91 Å². The monoisotopic (exact) mass is 558 g/mol. The summed E-state index contributed by atoms with van der Waals surface area (Å²) in [5.41, 5.74) is 1.39. The van der Waals surface area contributed by atoms with Gasteiger partial charge in [0.2, 0.25) is 0 Å². The minimum atomic E-state index is -1.97. The fourth-order valence-corrected chi connectivity index (χ4v) is 5.17. The molecule has 0 aromatic heterocycles. The van der Waals surface area contributed by atoms with E-state index in [0.29, 0.717) is 36.0 Å². The maximum atomic E-state index is 13.9. The predicted octanol–water partition coefficient (Wildman–Crippen LogP) is 6.09. The number of hydrogen-bond acceptors (Lipinski definition) is 7. The Morgan fingerprint density at radius 1 is 1.00 bits per heavy atom. The van der Waals surface area contributed by atoms with Gasteiger partial charge < -0.3 is 28.3 Å². The van der Waals surface area contributed by atoms with E-state index in [2.05, 4.69) is 39.2 Å². The summed E-state index contributed by atoms with van der Waals surface area (Å²) in [6.45, 7) is 12.2. The molecule has 39 heavy (non-hydrogen) atoms. The number of nitrogens with one attached hydrogen (secondary N) is 1. The van der Waals surface area contributed by atoms with Gasteiger partial charge in [0.1, 0.15) is 12.4 Å². The molecule has 0 spiro atoms. The van der Waals surface area contributed by atoms with Crippen molar-refractivity contribution in [3.63, 3.8) is 0 Å². The first-order valence-electron chi connectivity index (χ1n) is 13.2. The molecule has 214 valence electrons. The van der Waals surface area contributed by atoms with Crippen molar-refractivity contribution in [3.05, 3.63) is 47.5 Å². The zero-order chi connectivity index (χ0) is 28.8. The maximum absolute atomic E-state index is 13.9. The SMILES string of the molecule is COc1ccc(COC(=O)Nc2cc(OC)c(OC)cc2C(=O)N2CCCC2CO[Si](C)(C)C(C)(C)C)cc1. The second-order valence-electron chi connectivity index (χ2n) is 11.2. The Kier molecular flexibility index (Phi) is 9.90. The van der Waals surface area contributed by atoms with Crippen molar-refractivity contribution in [3.8, 4) is 17.2 Å². The van der Waals surface area contributed by atoms with E-state index in [4.69, 9.17) is 23.4 Å². The number of ether oxygens (including phenoxy) is 4. The zero-order valence-corrected chi connectivity index (χ0v) is 25.4. The van der Waals surface area contributed by atoms with E-state index < -0.39 is 14.4 Å². The molecule has 1 fully saturated rings. The summed E-state index contributed by atoms with van der Waals surface area (Å²) in [6.07, 6.45) is 1.06. The Bertz CT molecular complexity index is 1150. The standard InChI is InChI=1S/C29H42N2O7Si/c1-29(2,3)39(7,8)38-19-21-10-9-15-31(21)27(32)23-16-25(35-5)26(36-6)17-24(23)30-28(33)37-18-20-11-13-22(34-4)14-12-20/h11-14,16-17,21H,9-10,15,18-19H2,1-8H3,(H,30,33). The fraction of sp³-hybridized carbons (Fsp3) is 0.517. The summed E-state index contributed by atoms with van der Waals surface area (Å²) < 4.78 is 27.9. The molecule has 10 heteroatoms. The molecule has 1 saturated heterocycles. The van der Waals surface area contributed by atoms with Crippen LogP contribution in [0, 0.1) is 0 Å². The summed E-state index contributed by atoms with van der Waals surface area (Å²) in [5.74, 6) is 1.29. The summed E-state index contributed by atoms with van der Waals surface area (Å²) in [7, 11) is 2.62. The topological polar surface area (TPSA) is 95.6 Å². The zero-order valence-electron chi connectivity index (χ0n) is 24.4. The first kappa shape index (κ1) is 30.3. The van der Waals surface area contributed by atoms with Gasteiger partial charge in [-0.05, 0) is 54.7 Å². The van der Waals surface area contributed by atoms with Crippen LogP contribution in [0.15, 0.2) is 36.4 Å². The molecule has 1 N–H and O–H groups in total. The molecule has 0 aliphatic carbocycles. The van der Waals surface area contributed by atoms with Gasteiger partial charge in [-0.15, -0.1) is 0 Å². The lowest BCUT2D eigenvalue weighted by molar-refractivity contribution is 0.0684. The van der Waals surface area contributed by atoms with Crippen molar-refractivity contribution in [1.82, 2.24) is 4.90 Å². The molecule has 0 radical (unpaired) electrons. The van der Waals surface area contributed by atoms with Crippen molar-refractivity contribution in [1.29, 1.82) is 0 Å². The van der Waals surface area contributed by atoms with E-state index in [9.17, 15) is 9.59 Å². The number of carbonyl (C=O) groups is 2. The second kappa shape index (κ2) is 12.7. The van der Waals surface area contributed by atoms with Gasteiger partial charge in [-0.25, -0.2) is 4.79 Å². The summed E-state index contributed by atoms with van der Waals surface area (Å²) in [5, 5.41) is 2.81. The Morgan fingerprint density at radius 2 is 1.64 bits per heavy atom. The molecule has 0 saturated carbocycles. The van der Waals surface area contributed by atoms with E-state index in [0.717, 1.165) is 18.4 Å². The molecule has 1 heterocycles. The Balaban J connectivity index is 1.79. The molecule has 3 rings (SSSR count). The van der Waals surface area contributed by atoms with Gasteiger partial charge >= 0.3 is 6.09 Å². The third-order valence-electron chi connectivity index (χ3n) is 7.60. The minimum absolute atomic E-state index is 0.0467. The van der Waals surface area contributed by atoms with Crippen molar-refractivity contribution < 1.29 is 33.0 Å². The van der Waals surface area contributed by atoms with Crippen LogP contribution in [-0.4, -0.2) is 65.7 Å². The number of anilines is 1. The molecule has 1 aliphatic rings. The Labute approximate surface area is 232 Å². The summed E-state index contributed by atoms with van der Waals surface area (Å²) in [6, 6.07) is 10.4. The average molecular weight is 559 g/mol. The molecule has 1 aliphatic heterocycles. The Morgan fingerprint density at radius 3 is 2.23 bits per heavy atom. The molecule has 2 aromatic carbocycles. The second-order valence-corrected chi connectivity index (χ2v) is 16.0. The molecular weight excluding hydrogens is 516 g/mol. The number of hydrogen-bond donors (Lipinski definition) is 1. The molecule has 1 unspecified atom stereocenters. The van der Waals surface area contributed by atoms with Gasteiger partial charge in [-0.3, -0.25) is 10.1 Å². The predicted molar refractivity (Wildman–Crippen MR) is 154 cm³/mol. The van der Waals surface area contributed by atoms with Crippen LogP contribution >= 0.6 is 0 Å². The highest BCUT2D eigenvalue weighted by molar-refractivity contribution is 6.74. The van der Waals surface area contributed by atoms with E-state index in [1.807, 2.05) is 17.0 Å². The quantitative estimate of drug-likeness (QED) is 0.353. The van der Waals surface area contributed by atoms with Crippen molar-refractivity contribution >= 4 is 26.0 Å². The number of amides is 2. The molecule has 0 bridgehead atoms. The molecule has 2 amide bonds. The minimum Gasteiger partial charge on any atom is -0.497 e. The first-order chi connectivity index (χ1) is 18.4. The third kappa shape index (κ3) is 7.45. The van der Waals surface area contributed by atoms with Crippen LogP contribution in [0.5, 0.6) is 17.2 Å². The van der Waals surface area contributed by atoms with Gasteiger partial charge in [-0.2, -0.15) is 0 Å².